The fourth-order valence-electron chi connectivity index (χ4n) is 3.54. The molecule has 1 aliphatic heterocycles. The average Bonchev–Trinajstić information content (AvgIpc) is 3.17. The number of aromatic nitrogens is 3. The van der Waals surface area contributed by atoms with Gasteiger partial charge in [0.1, 0.15) is 29.0 Å². The molecule has 0 unspecified atom stereocenters. The fraction of sp³-hybridized carbons (Fsp3) is 0.250. The number of rotatable bonds is 3. The number of carbonyl (C=O) groups is 1. The maximum atomic E-state index is 11.5. The number of fused-ring (bicyclic) bond motifs is 1. The van der Waals surface area contributed by atoms with Gasteiger partial charge in [-0.2, -0.15) is 0 Å². The number of ether oxygens (including phenoxy) is 2. The van der Waals surface area contributed by atoms with Gasteiger partial charge in [-0.05, 0) is 36.8 Å². The molecule has 0 fully saturated rings. The first-order chi connectivity index (χ1) is 13.6. The summed E-state index contributed by atoms with van der Waals surface area (Å²) in [6.45, 7) is 1.50. The van der Waals surface area contributed by atoms with Gasteiger partial charge in [0, 0.05) is 16.6 Å². The minimum absolute atomic E-state index is 0.00769. The Morgan fingerprint density at radius 3 is 3.00 bits per heavy atom. The summed E-state index contributed by atoms with van der Waals surface area (Å²) in [4.78, 5) is 20.8. The average molecular weight is 442 g/mol. The number of halogens is 1. The smallest absolute Gasteiger partial charge is 0.314 e. The molecule has 142 valence electrons. The lowest BCUT2D eigenvalue weighted by molar-refractivity contribution is -0.140. The second kappa shape index (κ2) is 6.63. The Morgan fingerprint density at radius 2 is 2.14 bits per heavy atom. The third-order valence-corrected chi connectivity index (χ3v) is 5.23. The molecule has 0 saturated heterocycles. The molecule has 0 radical (unpaired) electrons. The van der Waals surface area contributed by atoms with Crippen LogP contribution < -0.4 is 4.74 Å². The van der Waals surface area contributed by atoms with E-state index < -0.39 is 0 Å². The third kappa shape index (κ3) is 2.84. The van der Waals surface area contributed by atoms with Crippen LogP contribution >= 0.6 is 15.9 Å². The van der Waals surface area contributed by atoms with Gasteiger partial charge in [-0.3, -0.25) is 4.79 Å². The predicted octanol–water partition coefficient (Wildman–Crippen LogP) is 4.11. The molecule has 0 saturated carbocycles. The molecule has 2 aromatic carbocycles. The van der Waals surface area contributed by atoms with Crippen LogP contribution in [-0.2, 0) is 22.5 Å². The van der Waals surface area contributed by atoms with Crippen LogP contribution in [0, 0.1) is 0 Å². The van der Waals surface area contributed by atoms with E-state index in [1.165, 1.54) is 7.11 Å². The highest BCUT2D eigenvalue weighted by Gasteiger charge is 2.20. The lowest BCUT2D eigenvalue weighted by atomic mass is 10.2. The first kappa shape index (κ1) is 17.2. The van der Waals surface area contributed by atoms with Crippen molar-refractivity contribution >= 4 is 44.0 Å². The number of oxazole rings is 1. The van der Waals surface area contributed by atoms with E-state index in [1.807, 2.05) is 30.3 Å². The number of carbonyl (C=O) groups excluding carboxylic acids is 1. The van der Waals surface area contributed by atoms with Gasteiger partial charge in [0.25, 0.3) is 0 Å². The number of esters is 1. The topological polar surface area (TPSA) is 79.4 Å². The van der Waals surface area contributed by atoms with Crippen molar-refractivity contribution in [3.8, 4) is 17.1 Å². The van der Waals surface area contributed by atoms with Crippen molar-refractivity contribution in [3.05, 3.63) is 40.7 Å². The Morgan fingerprint density at radius 1 is 1.25 bits per heavy atom. The van der Waals surface area contributed by atoms with Crippen molar-refractivity contribution in [1.82, 2.24) is 14.5 Å². The summed E-state index contributed by atoms with van der Waals surface area (Å²) in [5.41, 5.74) is 4.13. The monoisotopic (exact) mass is 441 g/mol. The molecule has 0 spiro atoms. The minimum atomic E-state index is -0.384. The van der Waals surface area contributed by atoms with Crippen LogP contribution in [0.1, 0.15) is 12.3 Å². The van der Waals surface area contributed by atoms with E-state index in [0.29, 0.717) is 23.6 Å². The van der Waals surface area contributed by atoms with Crippen LogP contribution in [0.3, 0.4) is 0 Å². The van der Waals surface area contributed by atoms with E-state index in [2.05, 4.69) is 30.2 Å². The zero-order valence-electron chi connectivity index (χ0n) is 15.1. The van der Waals surface area contributed by atoms with Gasteiger partial charge < -0.3 is 18.5 Å². The van der Waals surface area contributed by atoms with Gasteiger partial charge in [-0.1, -0.05) is 15.9 Å². The molecular formula is C20H16BrN3O4. The second-order valence-electron chi connectivity index (χ2n) is 6.60. The Hall–Kier alpha value is -2.87. The Bertz CT molecular complexity index is 1230. The number of aryl methyl sites for hydroxylation is 1. The highest BCUT2D eigenvalue weighted by atomic mass is 79.9. The van der Waals surface area contributed by atoms with Gasteiger partial charge in [0.05, 0.1) is 19.2 Å². The highest BCUT2D eigenvalue weighted by Crippen LogP contribution is 2.36. The molecular weight excluding hydrogens is 426 g/mol. The van der Waals surface area contributed by atoms with Gasteiger partial charge >= 0.3 is 5.97 Å². The number of nitrogens with zero attached hydrogens (tertiary/aromatic N) is 3. The summed E-state index contributed by atoms with van der Waals surface area (Å²) in [6.07, 6.45) is 0.911. The number of hydrogen-bond donors (Lipinski definition) is 0. The largest absolute Gasteiger partial charge is 0.491 e. The second-order valence-corrected chi connectivity index (χ2v) is 7.52. The number of benzene rings is 2. The van der Waals surface area contributed by atoms with E-state index in [1.54, 1.807) is 0 Å². The maximum absolute atomic E-state index is 11.5. The molecule has 8 heteroatoms. The Labute approximate surface area is 168 Å². The van der Waals surface area contributed by atoms with Crippen molar-refractivity contribution < 1.29 is 18.7 Å². The third-order valence-electron chi connectivity index (χ3n) is 4.77. The molecule has 0 amide bonds. The molecule has 1 aliphatic rings. The zero-order valence-corrected chi connectivity index (χ0v) is 16.7. The first-order valence-electron chi connectivity index (χ1n) is 8.91. The quantitative estimate of drug-likeness (QED) is 0.445. The summed E-state index contributed by atoms with van der Waals surface area (Å²) in [5.74, 6) is 1.65. The maximum Gasteiger partial charge on any atom is 0.314 e. The fourth-order valence-corrected chi connectivity index (χ4v) is 3.96. The molecule has 2 aromatic heterocycles. The van der Waals surface area contributed by atoms with Crippen LogP contribution in [0.5, 0.6) is 5.75 Å². The minimum Gasteiger partial charge on any atom is -0.491 e. The molecule has 3 heterocycles. The van der Waals surface area contributed by atoms with Gasteiger partial charge in [-0.25, -0.2) is 9.97 Å². The number of imidazole rings is 1. The zero-order chi connectivity index (χ0) is 19.3. The van der Waals surface area contributed by atoms with Crippen LogP contribution in [0.2, 0.25) is 0 Å². The molecule has 0 atom stereocenters. The summed E-state index contributed by atoms with van der Waals surface area (Å²) >= 11 is 3.54. The first-order valence-corrected chi connectivity index (χ1v) is 9.71. The summed E-state index contributed by atoms with van der Waals surface area (Å²) in [7, 11) is 1.34. The SMILES string of the molecule is COC(=O)Cc1nc2cc(-c3nc4cc(Br)cc5c4n3CCCO5)ccc2o1. The molecule has 0 N–H and O–H groups in total. The van der Waals surface area contributed by atoms with Gasteiger partial charge in [-0.15, -0.1) is 0 Å². The van der Waals surface area contributed by atoms with E-state index >= 15 is 0 Å². The van der Waals surface area contributed by atoms with Crippen LogP contribution in [-0.4, -0.2) is 34.2 Å². The standard InChI is InChI=1S/C20H16BrN3O4/c1-26-18(25)10-17-22-13-7-11(3-4-15(13)28-17)20-23-14-8-12(21)9-16-19(14)24(20)5-2-6-27-16/h3-4,7-9H,2,5-6,10H2,1H3. The molecule has 0 bridgehead atoms. The Balaban J connectivity index is 1.64. The van der Waals surface area contributed by atoms with E-state index in [9.17, 15) is 4.79 Å². The summed E-state index contributed by atoms with van der Waals surface area (Å²) in [5, 5.41) is 0. The van der Waals surface area contributed by atoms with Crippen molar-refractivity contribution in [1.29, 1.82) is 0 Å². The summed E-state index contributed by atoms with van der Waals surface area (Å²) in [6, 6.07) is 9.73. The van der Waals surface area contributed by atoms with Gasteiger partial charge in [0.2, 0.25) is 5.89 Å². The predicted molar refractivity (Wildman–Crippen MR) is 106 cm³/mol. The molecule has 7 nitrogen and oxygen atoms in total. The molecule has 4 aromatic rings. The number of methoxy groups -OCH3 is 1. The van der Waals surface area contributed by atoms with Crippen LogP contribution in [0.15, 0.2) is 39.2 Å². The van der Waals surface area contributed by atoms with Crippen molar-refractivity contribution in [2.45, 2.75) is 19.4 Å². The van der Waals surface area contributed by atoms with E-state index in [4.69, 9.17) is 14.1 Å². The Kier molecular flexibility index (Phi) is 4.08. The van der Waals surface area contributed by atoms with Crippen molar-refractivity contribution in [2.75, 3.05) is 13.7 Å². The normalized spacial score (nSPS) is 13.5. The van der Waals surface area contributed by atoms with Crippen LogP contribution in [0.25, 0.3) is 33.5 Å². The van der Waals surface area contributed by atoms with Crippen molar-refractivity contribution in [3.63, 3.8) is 0 Å². The molecule has 0 aliphatic carbocycles. The lowest BCUT2D eigenvalue weighted by Gasteiger charge is -2.06. The lowest BCUT2D eigenvalue weighted by Crippen LogP contribution is -2.04. The summed E-state index contributed by atoms with van der Waals surface area (Å²) < 4.78 is 19.4. The van der Waals surface area contributed by atoms with Crippen LogP contribution in [0.4, 0.5) is 0 Å². The van der Waals surface area contributed by atoms with E-state index in [-0.39, 0.29) is 12.4 Å². The number of hydrogen-bond acceptors (Lipinski definition) is 6. The molecule has 5 rings (SSSR count). The van der Waals surface area contributed by atoms with Gasteiger partial charge in [0.15, 0.2) is 5.58 Å². The van der Waals surface area contributed by atoms with Crippen molar-refractivity contribution in [2.24, 2.45) is 0 Å². The molecule has 28 heavy (non-hydrogen) atoms. The van der Waals surface area contributed by atoms with E-state index in [0.717, 1.165) is 45.6 Å². The highest BCUT2D eigenvalue weighted by molar-refractivity contribution is 9.10.